The third-order valence-electron chi connectivity index (χ3n) is 4.28. The van der Waals surface area contributed by atoms with Gasteiger partial charge in [0.2, 0.25) is 0 Å². The van der Waals surface area contributed by atoms with Crippen LogP contribution in [0.4, 0.5) is 4.79 Å². The summed E-state index contributed by atoms with van der Waals surface area (Å²) in [5.74, 6) is 0.924. The minimum atomic E-state index is -0.159. The minimum absolute atomic E-state index is 0.0166. The molecule has 0 aromatic heterocycles. The minimum Gasteiger partial charge on any atom is -0.488 e. The van der Waals surface area contributed by atoms with E-state index in [-0.39, 0.29) is 18.2 Å². The molecule has 2 N–H and O–H groups in total. The SMILES string of the molecule is O=C(NCCCOCC1CCCO1)NCC1Cc2ccccc2O1. The number of para-hydroxylation sites is 1. The van der Waals surface area contributed by atoms with Crippen LogP contribution in [0.1, 0.15) is 24.8 Å². The average Bonchev–Trinajstić information content (AvgIpc) is 3.25. The molecule has 6 nitrogen and oxygen atoms in total. The second-order valence-electron chi connectivity index (χ2n) is 6.25. The van der Waals surface area contributed by atoms with Crippen molar-refractivity contribution >= 4 is 6.03 Å². The van der Waals surface area contributed by atoms with Gasteiger partial charge in [0.25, 0.3) is 0 Å². The second-order valence-corrected chi connectivity index (χ2v) is 6.25. The molecule has 24 heavy (non-hydrogen) atoms. The van der Waals surface area contributed by atoms with E-state index < -0.39 is 0 Å². The van der Waals surface area contributed by atoms with Crippen LogP contribution in [0.3, 0.4) is 0 Å². The number of rotatable bonds is 8. The molecule has 0 spiro atoms. The molecule has 0 saturated carbocycles. The van der Waals surface area contributed by atoms with Crippen molar-refractivity contribution in [2.24, 2.45) is 0 Å². The van der Waals surface area contributed by atoms with Crippen molar-refractivity contribution in [3.8, 4) is 5.75 Å². The number of hydrogen-bond acceptors (Lipinski definition) is 4. The Balaban J connectivity index is 1.20. The van der Waals surface area contributed by atoms with Crippen molar-refractivity contribution in [1.29, 1.82) is 0 Å². The fourth-order valence-electron chi connectivity index (χ4n) is 3.00. The lowest BCUT2D eigenvalue weighted by Gasteiger charge is -2.13. The maximum Gasteiger partial charge on any atom is 0.314 e. The first-order valence-corrected chi connectivity index (χ1v) is 8.77. The zero-order valence-electron chi connectivity index (χ0n) is 14.0. The summed E-state index contributed by atoms with van der Waals surface area (Å²) in [5, 5.41) is 5.70. The number of fused-ring (bicyclic) bond motifs is 1. The molecule has 1 saturated heterocycles. The van der Waals surface area contributed by atoms with Crippen LogP contribution < -0.4 is 15.4 Å². The number of amides is 2. The van der Waals surface area contributed by atoms with Gasteiger partial charge in [-0.3, -0.25) is 0 Å². The summed E-state index contributed by atoms with van der Waals surface area (Å²) in [5.41, 5.74) is 1.20. The van der Waals surface area contributed by atoms with Crippen molar-refractivity contribution in [1.82, 2.24) is 10.6 Å². The molecule has 6 heteroatoms. The van der Waals surface area contributed by atoms with Crippen molar-refractivity contribution < 1.29 is 19.0 Å². The van der Waals surface area contributed by atoms with Gasteiger partial charge < -0.3 is 24.8 Å². The van der Waals surface area contributed by atoms with Crippen LogP contribution in [0.5, 0.6) is 5.75 Å². The average molecular weight is 334 g/mol. The normalized spacial score (nSPS) is 22.0. The molecule has 132 valence electrons. The lowest BCUT2D eigenvalue weighted by molar-refractivity contribution is 0.0168. The Morgan fingerprint density at radius 2 is 2.17 bits per heavy atom. The van der Waals surface area contributed by atoms with Gasteiger partial charge in [-0.1, -0.05) is 18.2 Å². The quantitative estimate of drug-likeness (QED) is 0.712. The van der Waals surface area contributed by atoms with Crippen molar-refractivity contribution in [2.75, 3.05) is 32.9 Å². The molecule has 0 radical (unpaired) electrons. The highest BCUT2D eigenvalue weighted by molar-refractivity contribution is 5.73. The summed E-state index contributed by atoms with van der Waals surface area (Å²) in [6.07, 6.45) is 4.14. The zero-order valence-corrected chi connectivity index (χ0v) is 14.0. The Morgan fingerprint density at radius 1 is 1.25 bits per heavy atom. The third kappa shape index (κ3) is 5.11. The fourth-order valence-corrected chi connectivity index (χ4v) is 3.00. The van der Waals surface area contributed by atoms with Gasteiger partial charge in [-0.15, -0.1) is 0 Å². The van der Waals surface area contributed by atoms with Crippen LogP contribution in [0.15, 0.2) is 24.3 Å². The predicted octanol–water partition coefficient (Wildman–Crippen LogP) is 1.88. The Morgan fingerprint density at radius 3 is 3.00 bits per heavy atom. The van der Waals surface area contributed by atoms with Crippen molar-refractivity contribution in [2.45, 2.75) is 37.9 Å². The molecule has 2 amide bonds. The molecule has 3 rings (SSSR count). The number of nitrogens with one attached hydrogen (secondary N) is 2. The number of benzene rings is 1. The summed E-state index contributed by atoms with van der Waals surface area (Å²) in [7, 11) is 0. The largest absolute Gasteiger partial charge is 0.488 e. The first kappa shape index (κ1) is 17.0. The summed E-state index contributed by atoms with van der Waals surface area (Å²) < 4.78 is 16.8. The highest BCUT2D eigenvalue weighted by Gasteiger charge is 2.22. The molecule has 1 aromatic carbocycles. The van der Waals surface area contributed by atoms with Gasteiger partial charge in [-0.05, 0) is 30.9 Å². The summed E-state index contributed by atoms with van der Waals surface area (Å²) in [4.78, 5) is 11.8. The predicted molar refractivity (Wildman–Crippen MR) is 90.4 cm³/mol. The van der Waals surface area contributed by atoms with Crippen LogP contribution in [0.25, 0.3) is 0 Å². The maximum atomic E-state index is 11.8. The first-order chi connectivity index (χ1) is 11.8. The summed E-state index contributed by atoms with van der Waals surface area (Å²) in [6.45, 7) is 3.26. The molecule has 1 aromatic rings. The highest BCUT2D eigenvalue weighted by atomic mass is 16.5. The molecule has 0 aliphatic carbocycles. The van der Waals surface area contributed by atoms with Crippen LogP contribution >= 0.6 is 0 Å². The van der Waals surface area contributed by atoms with E-state index >= 15 is 0 Å². The summed E-state index contributed by atoms with van der Waals surface area (Å²) >= 11 is 0. The van der Waals surface area contributed by atoms with Gasteiger partial charge in [0.1, 0.15) is 11.9 Å². The molecule has 1 fully saturated rings. The van der Waals surface area contributed by atoms with Gasteiger partial charge in [0.05, 0.1) is 19.3 Å². The van der Waals surface area contributed by atoms with E-state index in [1.807, 2.05) is 18.2 Å². The van der Waals surface area contributed by atoms with Gasteiger partial charge in [0.15, 0.2) is 0 Å². The summed E-state index contributed by atoms with van der Waals surface area (Å²) in [6, 6.07) is 7.83. The number of urea groups is 1. The van der Waals surface area contributed by atoms with Gasteiger partial charge in [-0.2, -0.15) is 0 Å². The molecule has 2 aliphatic heterocycles. The molecule has 2 heterocycles. The Labute approximate surface area is 142 Å². The first-order valence-electron chi connectivity index (χ1n) is 8.77. The van der Waals surface area contributed by atoms with Crippen LogP contribution in [-0.4, -0.2) is 51.1 Å². The van der Waals surface area contributed by atoms with E-state index in [1.54, 1.807) is 0 Å². The van der Waals surface area contributed by atoms with Gasteiger partial charge in [0, 0.05) is 26.2 Å². The van der Waals surface area contributed by atoms with Crippen LogP contribution in [-0.2, 0) is 15.9 Å². The van der Waals surface area contributed by atoms with Gasteiger partial charge in [-0.25, -0.2) is 4.79 Å². The van der Waals surface area contributed by atoms with E-state index in [1.165, 1.54) is 5.56 Å². The maximum absolute atomic E-state index is 11.8. The van der Waals surface area contributed by atoms with E-state index in [9.17, 15) is 4.79 Å². The Kier molecular flexibility index (Phi) is 6.32. The molecule has 2 unspecified atom stereocenters. The lowest BCUT2D eigenvalue weighted by atomic mass is 10.1. The van der Waals surface area contributed by atoms with E-state index in [0.29, 0.717) is 26.3 Å². The molecular weight excluding hydrogens is 308 g/mol. The topological polar surface area (TPSA) is 68.8 Å². The molecule has 2 aliphatic rings. The fraction of sp³-hybridized carbons (Fsp3) is 0.611. The third-order valence-corrected chi connectivity index (χ3v) is 4.28. The second kappa shape index (κ2) is 8.89. The Hall–Kier alpha value is -1.79. The number of carbonyl (C=O) groups is 1. The van der Waals surface area contributed by atoms with Crippen molar-refractivity contribution in [3.05, 3.63) is 29.8 Å². The molecule has 2 atom stereocenters. The highest BCUT2D eigenvalue weighted by Crippen LogP contribution is 2.27. The molecule has 0 bridgehead atoms. The van der Waals surface area contributed by atoms with Crippen LogP contribution in [0.2, 0.25) is 0 Å². The van der Waals surface area contributed by atoms with Crippen LogP contribution in [0, 0.1) is 0 Å². The molecular formula is C18H26N2O4. The standard InChI is InChI=1S/C18H26N2O4/c21-18(19-8-4-9-22-13-15-6-3-10-23-15)20-12-16-11-14-5-1-2-7-17(14)24-16/h1-2,5,7,15-16H,3-4,6,8-13H2,(H2,19,20,21). The number of carbonyl (C=O) groups excluding carboxylic acids is 1. The number of hydrogen-bond donors (Lipinski definition) is 2. The smallest absolute Gasteiger partial charge is 0.314 e. The monoisotopic (exact) mass is 334 g/mol. The number of ether oxygens (including phenoxy) is 3. The lowest BCUT2D eigenvalue weighted by Crippen LogP contribution is -2.41. The van der Waals surface area contributed by atoms with Crippen molar-refractivity contribution in [3.63, 3.8) is 0 Å². The zero-order chi connectivity index (χ0) is 16.6. The van der Waals surface area contributed by atoms with E-state index in [0.717, 1.165) is 38.0 Å². The van der Waals surface area contributed by atoms with E-state index in [4.69, 9.17) is 14.2 Å². The van der Waals surface area contributed by atoms with Gasteiger partial charge >= 0.3 is 6.03 Å². The van der Waals surface area contributed by atoms with E-state index in [2.05, 4.69) is 16.7 Å². The Bertz CT molecular complexity index is 507.